The second-order valence-corrected chi connectivity index (χ2v) is 11.7. The molecular weight excluding hydrogens is 392 g/mol. The maximum atomic E-state index is 11.8. The summed E-state index contributed by atoms with van der Waals surface area (Å²) in [4.78, 5) is 6.84. The van der Waals surface area contributed by atoms with E-state index in [2.05, 4.69) is 4.98 Å². The van der Waals surface area contributed by atoms with Gasteiger partial charge < -0.3 is 0 Å². The third-order valence-electron chi connectivity index (χ3n) is 4.18. The second-order valence-electron chi connectivity index (χ2n) is 6.40. The van der Waals surface area contributed by atoms with Gasteiger partial charge in [0, 0.05) is 35.5 Å². The van der Waals surface area contributed by atoms with Crippen molar-refractivity contribution in [2.75, 3.05) is 24.8 Å². The maximum absolute atomic E-state index is 11.8. The number of aromatic nitrogens is 1. The third kappa shape index (κ3) is 5.60. The zero-order valence-corrected chi connectivity index (χ0v) is 17.8. The predicted molar refractivity (Wildman–Crippen MR) is 106 cm³/mol. The average molecular weight is 417 g/mol. The zero-order valence-electron chi connectivity index (χ0n) is 15.3. The molecule has 26 heavy (non-hydrogen) atoms. The van der Waals surface area contributed by atoms with Gasteiger partial charge in [-0.2, -0.15) is 0 Å². The normalized spacial score (nSPS) is 13.9. The van der Waals surface area contributed by atoms with E-state index < -0.39 is 19.7 Å². The smallest absolute Gasteiger partial charge is 0.175 e. The van der Waals surface area contributed by atoms with Gasteiger partial charge in [-0.25, -0.2) is 21.8 Å². The Balaban J connectivity index is 2.08. The topological polar surface area (TPSA) is 84.4 Å². The van der Waals surface area contributed by atoms with E-state index in [1.807, 2.05) is 24.3 Å². The van der Waals surface area contributed by atoms with Gasteiger partial charge in [0.2, 0.25) is 0 Å². The van der Waals surface area contributed by atoms with Crippen LogP contribution in [-0.4, -0.2) is 57.6 Å². The van der Waals surface area contributed by atoms with Crippen molar-refractivity contribution in [1.82, 2.24) is 9.88 Å². The highest BCUT2D eigenvalue weighted by molar-refractivity contribution is 7.91. The number of rotatable bonds is 8. The number of hydrogen-bond donors (Lipinski definition) is 0. The van der Waals surface area contributed by atoms with E-state index in [-0.39, 0.29) is 22.4 Å². The molecule has 1 atom stereocenters. The van der Waals surface area contributed by atoms with Crippen LogP contribution < -0.4 is 0 Å². The van der Waals surface area contributed by atoms with Crippen LogP contribution in [0.5, 0.6) is 0 Å². The minimum atomic E-state index is -3.21. The highest BCUT2D eigenvalue weighted by Crippen LogP contribution is 2.25. The lowest BCUT2D eigenvalue weighted by molar-refractivity contribution is 0.264. The molecule has 1 heterocycles. The Morgan fingerprint density at radius 2 is 1.77 bits per heavy atom. The highest BCUT2D eigenvalue weighted by Gasteiger charge is 2.18. The van der Waals surface area contributed by atoms with Crippen LogP contribution in [0.25, 0.3) is 10.6 Å². The summed E-state index contributed by atoms with van der Waals surface area (Å²) in [6.45, 7) is 4.10. The van der Waals surface area contributed by atoms with Crippen molar-refractivity contribution in [1.29, 1.82) is 0 Å². The molecule has 2 aromatic rings. The standard InChI is InChI=1S/C17H24N2O4S3/c1-5-26(22,23)12-13(2)19(3)10-15-11-24-17(18-15)14-6-8-16(9-7-14)25(4,20)21/h6-9,11,13H,5,10,12H2,1-4H3. The van der Waals surface area contributed by atoms with Crippen LogP contribution in [0.15, 0.2) is 34.5 Å². The molecule has 0 saturated carbocycles. The monoisotopic (exact) mass is 416 g/mol. The molecule has 9 heteroatoms. The summed E-state index contributed by atoms with van der Waals surface area (Å²) >= 11 is 1.48. The zero-order chi connectivity index (χ0) is 19.5. The Kier molecular flexibility index (Phi) is 6.60. The summed E-state index contributed by atoms with van der Waals surface area (Å²) in [7, 11) is -4.35. The number of benzene rings is 1. The lowest BCUT2D eigenvalue weighted by Crippen LogP contribution is -2.35. The SMILES string of the molecule is CCS(=O)(=O)CC(C)N(C)Cc1csc(-c2ccc(S(C)(=O)=O)cc2)n1. The quantitative estimate of drug-likeness (QED) is 0.657. The fourth-order valence-corrected chi connectivity index (χ4v) is 5.05. The van der Waals surface area contributed by atoms with Crippen molar-refractivity contribution < 1.29 is 16.8 Å². The summed E-state index contributed by atoms with van der Waals surface area (Å²) in [6, 6.07) is 6.56. The van der Waals surface area contributed by atoms with Crippen molar-refractivity contribution in [2.24, 2.45) is 0 Å². The number of sulfone groups is 2. The lowest BCUT2D eigenvalue weighted by atomic mass is 10.2. The van der Waals surface area contributed by atoms with E-state index in [9.17, 15) is 16.8 Å². The van der Waals surface area contributed by atoms with Gasteiger partial charge in [-0.1, -0.05) is 19.1 Å². The van der Waals surface area contributed by atoms with Gasteiger partial charge in [0.15, 0.2) is 19.7 Å². The number of hydrogen-bond acceptors (Lipinski definition) is 7. The van der Waals surface area contributed by atoms with Crippen LogP contribution in [-0.2, 0) is 26.2 Å². The molecule has 1 aromatic carbocycles. The van der Waals surface area contributed by atoms with E-state index in [0.717, 1.165) is 16.3 Å². The van der Waals surface area contributed by atoms with Crippen LogP contribution in [0, 0.1) is 0 Å². The summed E-state index contributed by atoms with van der Waals surface area (Å²) in [5, 5.41) is 2.75. The van der Waals surface area contributed by atoms with E-state index in [1.54, 1.807) is 31.2 Å². The van der Waals surface area contributed by atoms with Crippen LogP contribution in [0.3, 0.4) is 0 Å². The molecule has 0 amide bonds. The molecule has 0 aliphatic heterocycles. The molecule has 0 radical (unpaired) electrons. The molecular formula is C17H24N2O4S3. The summed E-state index contributed by atoms with van der Waals surface area (Å²) < 4.78 is 46.6. The van der Waals surface area contributed by atoms with Crippen molar-refractivity contribution in [3.05, 3.63) is 35.3 Å². The molecule has 0 N–H and O–H groups in total. The fraction of sp³-hybridized carbons (Fsp3) is 0.471. The third-order valence-corrected chi connectivity index (χ3v) is 8.12. The van der Waals surface area contributed by atoms with E-state index in [4.69, 9.17) is 0 Å². The Morgan fingerprint density at radius 1 is 1.15 bits per heavy atom. The van der Waals surface area contributed by atoms with Crippen molar-refractivity contribution in [3.63, 3.8) is 0 Å². The molecule has 0 bridgehead atoms. The predicted octanol–water partition coefficient (Wildman–Crippen LogP) is 2.47. The van der Waals surface area contributed by atoms with Gasteiger partial charge in [-0.05, 0) is 26.1 Å². The molecule has 1 aromatic heterocycles. The maximum Gasteiger partial charge on any atom is 0.175 e. The van der Waals surface area contributed by atoms with Crippen LogP contribution >= 0.6 is 11.3 Å². The second kappa shape index (κ2) is 8.16. The van der Waals surface area contributed by atoms with Crippen molar-refractivity contribution in [2.45, 2.75) is 31.3 Å². The largest absolute Gasteiger partial charge is 0.297 e. The van der Waals surface area contributed by atoms with Gasteiger partial charge in [0.25, 0.3) is 0 Å². The van der Waals surface area contributed by atoms with Crippen LogP contribution in [0.1, 0.15) is 19.5 Å². The summed E-state index contributed by atoms with van der Waals surface area (Å²) in [6.07, 6.45) is 1.18. The minimum Gasteiger partial charge on any atom is -0.297 e. The van der Waals surface area contributed by atoms with Crippen LogP contribution in [0.2, 0.25) is 0 Å². The molecule has 1 unspecified atom stereocenters. The molecule has 6 nitrogen and oxygen atoms in total. The Bertz CT molecular complexity index is 948. The van der Waals surface area contributed by atoms with Crippen molar-refractivity contribution in [3.8, 4) is 10.6 Å². The van der Waals surface area contributed by atoms with Gasteiger partial charge in [-0.15, -0.1) is 11.3 Å². The van der Waals surface area contributed by atoms with E-state index >= 15 is 0 Å². The molecule has 0 aliphatic carbocycles. The van der Waals surface area contributed by atoms with Crippen molar-refractivity contribution >= 4 is 31.0 Å². The average Bonchev–Trinajstić information content (AvgIpc) is 3.02. The lowest BCUT2D eigenvalue weighted by Gasteiger charge is -2.23. The van der Waals surface area contributed by atoms with Gasteiger partial charge in [0.1, 0.15) is 5.01 Å². The van der Waals surface area contributed by atoms with E-state index in [0.29, 0.717) is 6.54 Å². The molecule has 0 aliphatic rings. The molecule has 2 rings (SSSR count). The first-order valence-corrected chi connectivity index (χ1v) is 12.8. The molecule has 0 spiro atoms. The fourth-order valence-electron chi connectivity index (χ4n) is 2.38. The Hall–Kier alpha value is -1.29. The number of thiazole rings is 1. The molecule has 0 fully saturated rings. The first-order chi connectivity index (χ1) is 12.0. The van der Waals surface area contributed by atoms with Gasteiger partial charge in [-0.3, -0.25) is 4.90 Å². The molecule has 144 valence electrons. The minimum absolute atomic E-state index is 0.0980. The molecule has 0 saturated heterocycles. The van der Waals surface area contributed by atoms with Gasteiger partial charge in [0.05, 0.1) is 16.3 Å². The summed E-state index contributed by atoms with van der Waals surface area (Å²) in [5.74, 6) is 0.277. The van der Waals surface area contributed by atoms with Crippen LogP contribution in [0.4, 0.5) is 0 Å². The first kappa shape index (κ1) is 21.0. The Labute approximate surface area is 159 Å². The van der Waals surface area contributed by atoms with E-state index in [1.165, 1.54) is 17.6 Å². The summed E-state index contributed by atoms with van der Waals surface area (Å²) in [5.41, 5.74) is 1.72. The number of nitrogens with zero attached hydrogens (tertiary/aromatic N) is 2. The highest BCUT2D eigenvalue weighted by atomic mass is 32.2. The Morgan fingerprint density at radius 3 is 2.31 bits per heavy atom. The first-order valence-electron chi connectivity index (χ1n) is 8.17. The van der Waals surface area contributed by atoms with Gasteiger partial charge >= 0.3 is 0 Å².